The Hall–Kier alpha value is -3.02. The van der Waals surface area contributed by atoms with E-state index in [9.17, 15) is 4.79 Å². The number of benzene rings is 2. The van der Waals surface area contributed by atoms with Gasteiger partial charge in [-0.15, -0.1) is 5.10 Å². The lowest BCUT2D eigenvalue weighted by Gasteiger charge is -2.40. The molecular weight excluding hydrogens is 350 g/mol. The number of piperidine rings is 1. The molecule has 1 saturated heterocycles. The molecule has 0 saturated carbocycles. The molecule has 142 valence electrons. The third-order valence-corrected chi connectivity index (χ3v) is 6.43. The Morgan fingerprint density at radius 1 is 1.04 bits per heavy atom. The third-order valence-electron chi connectivity index (χ3n) is 6.43. The van der Waals surface area contributed by atoms with E-state index in [4.69, 9.17) is 0 Å². The van der Waals surface area contributed by atoms with Crippen molar-refractivity contribution in [2.24, 2.45) is 0 Å². The molecule has 0 N–H and O–H groups in total. The summed E-state index contributed by atoms with van der Waals surface area (Å²) in [5, 5.41) is 11.6. The van der Waals surface area contributed by atoms with Gasteiger partial charge >= 0.3 is 0 Å². The number of aryl methyl sites for hydroxylation is 2. The number of likely N-dealkylation sites (tertiary alicyclic amines) is 1. The Kier molecular flexibility index (Phi) is 4.00. The molecule has 1 fully saturated rings. The molecule has 1 aromatic heterocycles. The molecule has 0 bridgehead atoms. The number of aromatic nitrogens is 4. The zero-order chi connectivity index (χ0) is 19.1. The molecule has 1 spiro atoms. The van der Waals surface area contributed by atoms with Crippen molar-refractivity contribution in [3.05, 3.63) is 71.0 Å². The summed E-state index contributed by atoms with van der Waals surface area (Å²) in [6.45, 7) is 3.46. The lowest BCUT2D eigenvalue weighted by Crippen LogP contribution is -2.44. The van der Waals surface area contributed by atoms with Crippen molar-refractivity contribution < 1.29 is 4.79 Å². The first-order valence-electron chi connectivity index (χ1n) is 9.89. The number of amides is 1. The van der Waals surface area contributed by atoms with Crippen LogP contribution >= 0.6 is 0 Å². The van der Waals surface area contributed by atoms with Crippen LogP contribution < -0.4 is 0 Å². The third kappa shape index (κ3) is 2.71. The van der Waals surface area contributed by atoms with E-state index in [-0.39, 0.29) is 11.3 Å². The van der Waals surface area contributed by atoms with Gasteiger partial charge < -0.3 is 4.90 Å². The Morgan fingerprint density at radius 2 is 1.86 bits per heavy atom. The van der Waals surface area contributed by atoms with E-state index in [1.165, 1.54) is 17.5 Å². The molecule has 6 nitrogen and oxygen atoms in total. The molecule has 0 radical (unpaired) electrons. The molecule has 2 aliphatic rings. The number of nitrogens with zero attached hydrogens (tertiary/aromatic N) is 5. The second-order valence-electron chi connectivity index (χ2n) is 7.92. The number of hydrogen-bond donors (Lipinski definition) is 0. The fourth-order valence-corrected chi connectivity index (χ4v) is 4.85. The van der Waals surface area contributed by atoms with Crippen molar-refractivity contribution >= 4 is 5.91 Å². The zero-order valence-corrected chi connectivity index (χ0v) is 16.0. The predicted octanol–water partition coefficient (Wildman–Crippen LogP) is 3.09. The van der Waals surface area contributed by atoms with Gasteiger partial charge in [0.05, 0.1) is 5.69 Å². The summed E-state index contributed by atoms with van der Waals surface area (Å²) in [6.07, 6.45) is 4.46. The molecule has 5 rings (SSSR count). The topological polar surface area (TPSA) is 63.9 Å². The van der Waals surface area contributed by atoms with Crippen LogP contribution in [0.3, 0.4) is 0 Å². The Balaban J connectivity index is 1.34. The van der Waals surface area contributed by atoms with Crippen molar-refractivity contribution in [3.8, 4) is 5.69 Å². The van der Waals surface area contributed by atoms with Gasteiger partial charge in [0.15, 0.2) is 5.82 Å². The average Bonchev–Trinajstić information content (AvgIpc) is 3.33. The van der Waals surface area contributed by atoms with Gasteiger partial charge in [0.2, 0.25) is 0 Å². The Bertz CT molecular complexity index is 1030. The number of carbonyl (C=O) groups is 1. The van der Waals surface area contributed by atoms with Gasteiger partial charge in [-0.3, -0.25) is 4.79 Å². The van der Waals surface area contributed by atoms with Crippen LogP contribution in [0.5, 0.6) is 0 Å². The standard InChI is InChI=1S/C22H23N5O/c1-16-23-24-25-27(16)19-7-4-6-18(15-19)21(28)26-13-11-22(12-14-26)10-9-17-5-2-3-8-20(17)22/h2-8,15H,9-14H2,1H3. The van der Waals surface area contributed by atoms with Gasteiger partial charge in [-0.1, -0.05) is 30.3 Å². The number of tetrazole rings is 1. The minimum absolute atomic E-state index is 0.0914. The van der Waals surface area contributed by atoms with Crippen LogP contribution in [0.15, 0.2) is 48.5 Å². The van der Waals surface area contributed by atoms with E-state index in [1.54, 1.807) is 4.68 Å². The first kappa shape index (κ1) is 17.1. The highest BCUT2D eigenvalue weighted by molar-refractivity contribution is 5.94. The molecule has 2 aromatic carbocycles. The highest BCUT2D eigenvalue weighted by atomic mass is 16.2. The molecule has 0 atom stereocenters. The summed E-state index contributed by atoms with van der Waals surface area (Å²) >= 11 is 0. The van der Waals surface area contributed by atoms with Crippen molar-refractivity contribution in [2.45, 2.75) is 38.0 Å². The highest BCUT2D eigenvalue weighted by Crippen LogP contribution is 2.46. The van der Waals surface area contributed by atoms with E-state index in [2.05, 4.69) is 39.8 Å². The molecule has 2 heterocycles. The van der Waals surface area contributed by atoms with E-state index in [0.717, 1.165) is 38.0 Å². The van der Waals surface area contributed by atoms with Crippen LogP contribution in [-0.4, -0.2) is 44.1 Å². The summed E-state index contributed by atoms with van der Waals surface area (Å²) in [7, 11) is 0. The number of rotatable bonds is 2. The average molecular weight is 373 g/mol. The normalized spacial score (nSPS) is 17.7. The van der Waals surface area contributed by atoms with Gasteiger partial charge in [-0.05, 0) is 77.8 Å². The van der Waals surface area contributed by atoms with Gasteiger partial charge in [0, 0.05) is 18.7 Å². The monoisotopic (exact) mass is 373 g/mol. The lowest BCUT2D eigenvalue weighted by molar-refractivity contribution is 0.0666. The maximum absolute atomic E-state index is 13.1. The van der Waals surface area contributed by atoms with Crippen LogP contribution in [0, 0.1) is 6.92 Å². The van der Waals surface area contributed by atoms with Gasteiger partial charge in [-0.2, -0.15) is 4.68 Å². The minimum Gasteiger partial charge on any atom is -0.339 e. The molecule has 1 aliphatic carbocycles. The summed E-state index contributed by atoms with van der Waals surface area (Å²) in [4.78, 5) is 15.1. The van der Waals surface area contributed by atoms with Crippen LogP contribution in [0.25, 0.3) is 5.69 Å². The zero-order valence-electron chi connectivity index (χ0n) is 16.0. The maximum Gasteiger partial charge on any atom is 0.253 e. The molecule has 3 aromatic rings. The summed E-state index contributed by atoms with van der Waals surface area (Å²) < 4.78 is 1.65. The van der Waals surface area contributed by atoms with Gasteiger partial charge in [0.25, 0.3) is 5.91 Å². The van der Waals surface area contributed by atoms with Crippen molar-refractivity contribution in [2.75, 3.05) is 13.1 Å². The molecule has 28 heavy (non-hydrogen) atoms. The summed E-state index contributed by atoms with van der Waals surface area (Å²) in [6, 6.07) is 16.4. The lowest BCUT2D eigenvalue weighted by atomic mass is 9.74. The second kappa shape index (κ2) is 6.55. The minimum atomic E-state index is 0.0914. The number of fused-ring (bicyclic) bond motifs is 2. The fourth-order valence-electron chi connectivity index (χ4n) is 4.85. The first-order chi connectivity index (χ1) is 13.7. The van der Waals surface area contributed by atoms with E-state index < -0.39 is 0 Å². The summed E-state index contributed by atoms with van der Waals surface area (Å²) in [5.74, 6) is 0.790. The SMILES string of the molecule is Cc1nnnn1-c1cccc(C(=O)N2CCC3(CCc4ccccc43)CC2)c1. The highest BCUT2D eigenvalue weighted by Gasteiger charge is 2.41. The molecule has 6 heteroatoms. The molecule has 1 amide bonds. The molecule has 1 aliphatic heterocycles. The largest absolute Gasteiger partial charge is 0.339 e. The number of hydrogen-bond acceptors (Lipinski definition) is 4. The maximum atomic E-state index is 13.1. The van der Waals surface area contributed by atoms with Gasteiger partial charge in [-0.25, -0.2) is 0 Å². The van der Waals surface area contributed by atoms with Crippen molar-refractivity contribution in [3.63, 3.8) is 0 Å². The number of carbonyl (C=O) groups excluding carboxylic acids is 1. The molecular formula is C22H23N5O. The predicted molar refractivity (Wildman–Crippen MR) is 105 cm³/mol. The summed E-state index contributed by atoms with van der Waals surface area (Å²) in [5.41, 5.74) is 4.77. The molecule has 0 unspecified atom stereocenters. The van der Waals surface area contributed by atoms with Crippen molar-refractivity contribution in [1.29, 1.82) is 0 Å². The quantitative estimate of drug-likeness (QED) is 0.692. The second-order valence-corrected chi connectivity index (χ2v) is 7.92. The van der Waals surface area contributed by atoms with Crippen LogP contribution in [-0.2, 0) is 11.8 Å². The van der Waals surface area contributed by atoms with Crippen LogP contribution in [0.1, 0.15) is 46.6 Å². The Labute approximate surface area is 164 Å². The smallest absolute Gasteiger partial charge is 0.253 e. The fraction of sp³-hybridized carbons (Fsp3) is 0.364. The van der Waals surface area contributed by atoms with Crippen molar-refractivity contribution in [1.82, 2.24) is 25.1 Å². The van der Waals surface area contributed by atoms with Crippen LogP contribution in [0.2, 0.25) is 0 Å². The Morgan fingerprint density at radius 3 is 2.64 bits per heavy atom. The van der Waals surface area contributed by atoms with Crippen LogP contribution in [0.4, 0.5) is 0 Å². The van der Waals surface area contributed by atoms with E-state index in [0.29, 0.717) is 11.4 Å². The van der Waals surface area contributed by atoms with Gasteiger partial charge in [0.1, 0.15) is 0 Å². The van der Waals surface area contributed by atoms with E-state index >= 15 is 0 Å². The first-order valence-corrected chi connectivity index (χ1v) is 9.89. The van der Waals surface area contributed by atoms with E-state index in [1.807, 2.05) is 36.1 Å².